The summed E-state index contributed by atoms with van der Waals surface area (Å²) in [6.07, 6.45) is 0.838. The number of para-hydroxylation sites is 1. The minimum Gasteiger partial charge on any atom is -0.368 e. The number of carbonyl (C=O) groups is 1. The number of nitrogens with zero attached hydrogens (tertiary/aromatic N) is 3. The first-order chi connectivity index (χ1) is 14.9. The smallest absolute Gasteiger partial charge is 0.237 e. The normalized spacial score (nSPS) is 11.7. The molecule has 3 rings (SSSR count). The van der Waals surface area contributed by atoms with Crippen molar-refractivity contribution in [2.45, 2.75) is 31.3 Å². The van der Waals surface area contributed by atoms with Crippen molar-refractivity contribution in [3.8, 4) is 0 Å². The van der Waals surface area contributed by atoms with Gasteiger partial charge in [-0.3, -0.25) is 4.79 Å². The largest absolute Gasteiger partial charge is 0.368 e. The molecule has 0 radical (unpaired) electrons. The zero-order chi connectivity index (χ0) is 22.4. The zero-order valence-corrected chi connectivity index (χ0v) is 17.8. The van der Waals surface area contributed by atoms with E-state index in [9.17, 15) is 13.6 Å². The van der Waals surface area contributed by atoms with Crippen LogP contribution >= 0.6 is 11.8 Å². The number of thioether (sulfide) groups is 1. The standard InChI is InChI=1S/C21H22F2N6OS/c1-3-13-6-4-5-7-16(13)26-21-28-18(27-20(24)29-21)11-31-12(2)19(30)25-17-10-14(22)8-9-15(17)23/h4-10,12H,3,11H2,1-2H3,(H,25,30)(H3,24,26,27,28,29). The Morgan fingerprint density at radius 3 is 2.68 bits per heavy atom. The van der Waals surface area contributed by atoms with Gasteiger partial charge in [-0.1, -0.05) is 25.1 Å². The highest BCUT2D eigenvalue weighted by molar-refractivity contribution is 7.99. The van der Waals surface area contributed by atoms with Crippen molar-refractivity contribution in [2.24, 2.45) is 0 Å². The highest BCUT2D eigenvalue weighted by atomic mass is 32.2. The lowest BCUT2D eigenvalue weighted by Gasteiger charge is -2.13. The zero-order valence-electron chi connectivity index (χ0n) is 17.0. The summed E-state index contributed by atoms with van der Waals surface area (Å²) in [5.74, 6) is -0.777. The average Bonchev–Trinajstić information content (AvgIpc) is 2.74. The van der Waals surface area contributed by atoms with Crippen molar-refractivity contribution in [2.75, 3.05) is 16.4 Å². The van der Waals surface area contributed by atoms with Gasteiger partial charge in [0.25, 0.3) is 0 Å². The van der Waals surface area contributed by atoms with E-state index in [4.69, 9.17) is 5.73 Å². The number of hydrogen-bond acceptors (Lipinski definition) is 7. The Morgan fingerprint density at radius 1 is 1.13 bits per heavy atom. The van der Waals surface area contributed by atoms with E-state index in [1.165, 1.54) is 11.8 Å². The van der Waals surface area contributed by atoms with Gasteiger partial charge in [-0.05, 0) is 37.1 Å². The first-order valence-electron chi connectivity index (χ1n) is 9.58. The number of nitrogens with two attached hydrogens (primary N) is 1. The fourth-order valence-electron chi connectivity index (χ4n) is 2.73. The fourth-order valence-corrected chi connectivity index (χ4v) is 3.47. The Bertz CT molecular complexity index is 1080. The van der Waals surface area contributed by atoms with E-state index in [-0.39, 0.29) is 17.4 Å². The number of carbonyl (C=O) groups excluding carboxylic acids is 1. The SMILES string of the molecule is CCc1ccccc1Nc1nc(N)nc(CSC(C)C(=O)Nc2cc(F)ccc2F)n1. The van der Waals surface area contributed by atoms with Gasteiger partial charge in [0.15, 0.2) is 0 Å². The van der Waals surface area contributed by atoms with E-state index in [1.807, 2.05) is 31.2 Å². The molecule has 0 spiro atoms. The lowest BCUT2D eigenvalue weighted by molar-refractivity contribution is -0.115. The van der Waals surface area contributed by atoms with Crippen LogP contribution in [0, 0.1) is 11.6 Å². The Labute approximate surface area is 182 Å². The molecule has 2 aromatic carbocycles. The molecule has 1 aromatic heterocycles. The third kappa shape index (κ3) is 6.11. The van der Waals surface area contributed by atoms with Crippen LogP contribution in [0.4, 0.5) is 32.1 Å². The molecule has 0 aliphatic carbocycles. The van der Waals surface area contributed by atoms with Crippen LogP contribution in [-0.2, 0) is 17.0 Å². The molecule has 1 unspecified atom stereocenters. The maximum Gasteiger partial charge on any atom is 0.237 e. The van der Waals surface area contributed by atoms with Gasteiger partial charge in [-0.15, -0.1) is 11.8 Å². The first-order valence-corrected chi connectivity index (χ1v) is 10.6. The van der Waals surface area contributed by atoms with Crippen molar-refractivity contribution in [3.05, 3.63) is 65.5 Å². The van der Waals surface area contributed by atoms with E-state index in [2.05, 4.69) is 25.6 Å². The number of halogens is 2. The Hall–Kier alpha value is -3.27. The number of nitrogen functional groups attached to an aromatic ring is 1. The quantitative estimate of drug-likeness (QED) is 0.476. The average molecular weight is 445 g/mol. The molecule has 0 bridgehead atoms. The third-order valence-electron chi connectivity index (χ3n) is 4.36. The van der Waals surface area contributed by atoms with Gasteiger partial charge in [0, 0.05) is 11.8 Å². The number of rotatable bonds is 8. The summed E-state index contributed by atoms with van der Waals surface area (Å²) in [5.41, 5.74) is 7.59. The maximum absolute atomic E-state index is 13.7. The molecule has 31 heavy (non-hydrogen) atoms. The molecular weight excluding hydrogens is 422 g/mol. The molecule has 162 valence electrons. The van der Waals surface area contributed by atoms with Crippen LogP contribution < -0.4 is 16.4 Å². The molecule has 10 heteroatoms. The van der Waals surface area contributed by atoms with Crippen molar-refractivity contribution < 1.29 is 13.6 Å². The molecule has 0 saturated heterocycles. The van der Waals surface area contributed by atoms with Gasteiger partial charge in [-0.25, -0.2) is 8.78 Å². The van der Waals surface area contributed by atoms with Crippen LogP contribution in [0.25, 0.3) is 0 Å². The number of aryl methyl sites for hydroxylation is 1. The second-order valence-corrected chi connectivity index (χ2v) is 7.96. The summed E-state index contributed by atoms with van der Waals surface area (Å²) in [4.78, 5) is 24.9. The first kappa shape index (κ1) is 22.4. The topological polar surface area (TPSA) is 106 Å². The second-order valence-electron chi connectivity index (χ2n) is 6.64. The predicted molar refractivity (Wildman–Crippen MR) is 119 cm³/mol. The highest BCUT2D eigenvalue weighted by Crippen LogP contribution is 2.22. The summed E-state index contributed by atoms with van der Waals surface area (Å²) in [6, 6.07) is 10.7. The monoisotopic (exact) mass is 444 g/mol. The van der Waals surface area contributed by atoms with Crippen LogP contribution in [0.15, 0.2) is 42.5 Å². The molecule has 1 atom stereocenters. The summed E-state index contributed by atoms with van der Waals surface area (Å²) in [5, 5.41) is 4.97. The Morgan fingerprint density at radius 2 is 1.90 bits per heavy atom. The number of anilines is 4. The number of amides is 1. The lowest BCUT2D eigenvalue weighted by atomic mass is 10.1. The number of benzene rings is 2. The van der Waals surface area contributed by atoms with E-state index in [0.29, 0.717) is 11.8 Å². The third-order valence-corrected chi connectivity index (χ3v) is 5.50. The molecule has 0 fully saturated rings. The lowest BCUT2D eigenvalue weighted by Crippen LogP contribution is -2.23. The van der Waals surface area contributed by atoms with Crippen LogP contribution in [0.5, 0.6) is 0 Å². The van der Waals surface area contributed by atoms with Gasteiger partial charge in [0.05, 0.1) is 16.7 Å². The van der Waals surface area contributed by atoms with Crippen LogP contribution in [0.2, 0.25) is 0 Å². The molecular formula is C21H22F2N6OS. The Kier molecular flexibility index (Phi) is 7.35. The highest BCUT2D eigenvalue weighted by Gasteiger charge is 2.17. The molecule has 3 aromatic rings. The van der Waals surface area contributed by atoms with Crippen LogP contribution in [0.3, 0.4) is 0 Å². The minimum absolute atomic E-state index is 0.0565. The van der Waals surface area contributed by atoms with Crippen LogP contribution in [-0.4, -0.2) is 26.1 Å². The minimum atomic E-state index is -0.708. The molecule has 0 aliphatic heterocycles. The van der Waals surface area contributed by atoms with Crippen LogP contribution in [0.1, 0.15) is 25.2 Å². The predicted octanol–water partition coefficient (Wildman–Crippen LogP) is 4.30. The summed E-state index contributed by atoms with van der Waals surface area (Å²) >= 11 is 1.23. The van der Waals surface area contributed by atoms with E-state index < -0.39 is 22.8 Å². The van der Waals surface area contributed by atoms with Gasteiger partial charge in [0.2, 0.25) is 17.8 Å². The van der Waals surface area contributed by atoms with Gasteiger partial charge >= 0.3 is 0 Å². The van der Waals surface area contributed by atoms with Gasteiger partial charge < -0.3 is 16.4 Å². The molecule has 0 saturated carbocycles. The van der Waals surface area contributed by atoms with Crippen molar-refractivity contribution in [1.29, 1.82) is 0 Å². The van der Waals surface area contributed by atoms with Gasteiger partial charge in [0.1, 0.15) is 17.5 Å². The van der Waals surface area contributed by atoms with Crippen molar-refractivity contribution >= 4 is 40.9 Å². The number of nitrogens with one attached hydrogen (secondary N) is 2. The second kappa shape index (κ2) is 10.2. The Balaban J connectivity index is 1.64. The molecule has 0 aliphatic rings. The fraction of sp³-hybridized carbons (Fsp3) is 0.238. The van der Waals surface area contributed by atoms with Gasteiger partial charge in [-0.2, -0.15) is 15.0 Å². The summed E-state index contributed by atoms with van der Waals surface area (Å²) in [7, 11) is 0. The van der Waals surface area contributed by atoms with E-state index in [1.54, 1.807) is 6.92 Å². The molecule has 4 N–H and O–H groups in total. The van der Waals surface area contributed by atoms with Crippen molar-refractivity contribution in [1.82, 2.24) is 15.0 Å². The number of aromatic nitrogens is 3. The van der Waals surface area contributed by atoms with E-state index >= 15 is 0 Å². The molecule has 1 heterocycles. The molecule has 1 amide bonds. The summed E-state index contributed by atoms with van der Waals surface area (Å²) < 4.78 is 27.0. The number of hydrogen-bond donors (Lipinski definition) is 3. The van der Waals surface area contributed by atoms with E-state index in [0.717, 1.165) is 35.9 Å². The molecule has 7 nitrogen and oxygen atoms in total. The van der Waals surface area contributed by atoms with Crippen molar-refractivity contribution in [3.63, 3.8) is 0 Å². The summed E-state index contributed by atoms with van der Waals surface area (Å²) in [6.45, 7) is 3.70. The maximum atomic E-state index is 13.7.